The van der Waals surface area contributed by atoms with Gasteiger partial charge in [0, 0.05) is 27.5 Å². The molecule has 1 unspecified atom stereocenters. The fourth-order valence-electron chi connectivity index (χ4n) is 4.27. The molecule has 7 heteroatoms. The summed E-state index contributed by atoms with van der Waals surface area (Å²) in [5.41, 5.74) is 4.14. The van der Waals surface area contributed by atoms with Gasteiger partial charge >= 0.3 is 0 Å². The van der Waals surface area contributed by atoms with Crippen LogP contribution in [0, 0.1) is 5.92 Å². The third kappa shape index (κ3) is 3.79. The van der Waals surface area contributed by atoms with E-state index in [9.17, 15) is 0 Å². The number of pyridine rings is 1. The van der Waals surface area contributed by atoms with Gasteiger partial charge in [0.25, 0.3) is 0 Å². The Bertz CT molecular complexity index is 1230. The van der Waals surface area contributed by atoms with Crippen molar-refractivity contribution in [3.63, 3.8) is 0 Å². The van der Waals surface area contributed by atoms with Crippen LogP contribution < -0.4 is 9.47 Å². The molecule has 1 aliphatic carbocycles. The molecule has 1 atom stereocenters. The van der Waals surface area contributed by atoms with Gasteiger partial charge in [-0.05, 0) is 55.0 Å². The first-order valence-electron chi connectivity index (χ1n) is 10.00. The number of ether oxygens (including phenoxy) is 2. The molecule has 0 bridgehead atoms. The van der Waals surface area contributed by atoms with Crippen LogP contribution in [-0.2, 0) is 12.8 Å². The van der Waals surface area contributed by atoms with Crippen LogP contribution in [0.3, 0.4) is 0 Å². The average molecular weight is 476 g/mol. The summed E-state index contributed by atoms with van der Waals surface area (Å²) in [5, 5.41) is 1.74. The van der Waals surface area contributed by atoms with E-state index >= 15 is 0 Å². The van der Waals surface area contributed by atoms with Crippen molar-refractivity contribution in [2.45, 2.75) is 26.2 Å². The zero-order valence-electron chi connectivity index (χ0n) is 17.5. The minimum Gasteiger partial charge on any atom is -0.496 e. The maximum Gasteiger partial charge on any atom is 0.141 e. The Kier molecular flexibility index (Phi) is 6.20. The largest absolute Gasteiger partial charge is 0.496 e. The van der Waals surface area contributed by atoms with Crippen LogP contribution in [0.25, 0.3) is 32.8 Å². The first kappa shape index (κ1) is 22.0. The van der Waals surface area contributed by atoms with E-state index in [1.165, 1.54) is 22.2 Å². The molecule has 0 saturated heterocycles. The van der Waals surface area contributed by atoms with Gasteiger partial charge in [-0.1, -0.05) is 18.5 Å². The van der Waals surface area contributed by atoms with Gasteiger partial charge in [-0.15, -0.1) is 23.7 Å². The Morgan fingerprint density at radius 2 is 1.94 bits per heavy atom. The van der Waals surface area contributed by atoms with E-state index in [1.54, 1.807) is 37.9 Å². The van der Waals surface area contributed by atoms with Crippen molar-refractivity contribution in [2.24, 2.45) is 5.92 Å². The summed E-state index contributed by atoms with van der Waals surface area (Å²) >= 11 is 8.24. The quantitative estimate of drug-likeness (QED) is 0.307. The van der Waals surface area contributed by atoms with Gasteiger partial charge in [-0.3, -0.25) is 0 Å². The standard InChI is InChI=1S/C24H22ClNO3S.ClH/c1-13-6-7-14-22(9-13)30-24-23(14)16(19-5-4-8-29-19)11-18(26-24)15-10-17(25)21(28-3)12-20(15)27-2;/h4-5,8,10-13H,6-7,9H2,1-3H3;1H. The number of hydrogen-bond donors (Lipinski definition) is 0. The van der Waals surface area contributed by atoms with Crippen LogP contribution in [0.1, 0.15) is 23.8 Å². The molecule has 1 aliphatic rings. The lowest BCUT2D eigenvalue weighted by Crippen LogP contribution is -2.08. The molecule has 4 nitrogen and oxygen atoms in total. The van der Waals surface area contributed by atoms with Crippen LogP contribution in [0.15, 0.2) is 41.0 Å². The minimum atomic E-state index is 0. The molecule has 0 fully saturated rings. The fraction of sp³-hybridized carbons (Fsp3) is 0.292. The lowest BCUT2D eigenvalue weighted by Gasteiger charge is -2.18. The molecule has 0 aliphatic heterocycles. The highest BCUT2D eigenvalue weighted by Gasteiger charge is 2.25. The summed E-state index contributed by atoms with van der Waals surface area (Å²) in [6.45, 7) is 2.32. The zero-order chi connectivity index (χ0) is 20.8. The third-order valence-corrected chi connectivity index (χ3v) is 7.25. The molecular weight excluding hydrogens is 453 g/mol. The molecule has 162 valence electrons. The zero-order valence-corrected chi connectivity index (χ0v) is 19.9. The molecule has 0 N–H and O–H groups in total. The lowest BCUT2D eigenvalue weighted by atomic mass is 9.88. The number of fused-ring (bicyclic) bond motifs is 3. The maximum atomic E-state index is 6.44. The van der Waals surface area contributed by atoms with Crippen LogP contribution in [0.2, 0.25) is 5.02 Å². The summed E-state index contributed by atoms with van der Waals surface area (Å²) in [4.78, 5) is 7.53. The summed E-state index contributed by atoms with van der Waals surface area (Å²) in [6.07, 6.45) is 5.12. The minimum absolute atomic E-state index is 0. The van der Waals surface area contributed by atoms with Crippen molar-refractivity contribution >= 4 is 45.6 Å². The van der Waals surface area contributed by atoms with Gasteiger partial charge < -0.3 is 13.9 Å². The van der Waals surface area contributed by atoms with E-state index in [1.807, 2.05) is 18.2 Å². The van der Waals surface area contributed by atoms with E-state index in [0.29, 0.717) is 22.4 Å². The molecule has 0 spiro atoms. The Balaban J connectivity index is 0.00000231. The van der Waals surface area contributed by atoms with Crippen LogP contribution >= 0.6 is 35.3 Å². The van der Waals surface area contributed by atoms with Gasteiger partial charge in [0.2, 0.25) is 0 Å². The highest BCUT2D eigenvalue weighted by atomic mass is 35.5. The highest BCUT2D eigenvalue weighted by Crippen LogP contribution is 2.45. The van der Waals surface area contributed by atoms with Gasteiger partial charge in [-0.25, -0.2) is 4.98 Å². The Morgan fingerprint density at radius 3 is 2.65 bits per heavy atom. The van der Waals surface area contributed by atoms with Crippen molar-refractivity contribution in [3.05, 3.63) is 52.1 Å². The number of furan rings is 1. The molecule has 0 radical (unpaired) electrons. The van der Waals surface area contributed by atoms with Crippen molar-refractivity contribution in [1.82, 2.24) is 4.98 Å². The number of halogens is 2. The second-order valence-electron chi connectivity index (χ2n) is 7.75. The average Bonchev–Trinajstić information content (AvgIpc) is 3.40. The fourth-order valence-corrected chi connectivity index (χ4v) is 5.92. The summed E-state index contributed by atoms with van der Waals surface area (Å²) in [5.74, 6) is 2.80. The summed E-state index contributed by atoms with van der Waals surface area (Å²) in [7, 11) is 3.24. The molecule has 0 saturated carbocycles. The monoisotopic (exact) mass is 475 g/mol. The predicted molar refractivity (Wildman–Crippen MR) is 129 cm³/mol. The van der Waals surface area contributed by atoms with Gasteiger partial charge in [-0.2, -0.15) is 0 Å². The van der Waals surface area contributed by atoms with Gasteiger partial charge in [0.15, 0.2) is 0 Å². The summed E-state index contributed by atoms with van der Waals surface area (Å²) in [6, 6.07) is 9.68. The van der Waals surface area contributed by atoms with Crippen molar-refractivity contribution < 1.29 is 13.9 Å². The number of aryl methyl sites for hydroxylation is 1. The number of nitrogens with zero attached hydrogens (tertiary/aromatic N) is 1. The van der Waals surface area contributed by atoms with Crippen LogP contribution in [0.5, 0.6) is 11.5 Å². The molecular formula is C24H23Cl2NO3S. The number of benzene rings is 1. The highest BCUT2D eigenvalue weighted by molar-refractivity contribution is 7.19. The van der Waals surface area contributed by atoms with Crippen LogP contribution in [0.4, 0.5) is 0 Å². The molecule has 0 amide bonds. The molecule has 31 heavy (non-hydrogen) atoms. The van der Waals surface area contributed by atoms with E-state index in [-0.39, 0.29) is 12.4 Å². The first-order valence-corrected chi connectivity index (χ1v) is 11.2. The smallest absolute Gasteiger partial charge is 0.141 e. The topological polar surface area (TPSA) is 44.5 Å². The Hall–Kier alpha value is -2.21. The molecule has 1 aromatic carbocycles. The van der Waals surface area contributed by atoms with E-state index in [4.69, 9.17) is 30.5 Å². The second-order valence-corrected chi connectivity index (χ2v) is 9.24. The second kappa shape index (κ2) is 8.73. The van der Waals surface area contributed by atoms with Crippen LogP contribution in [-0.4, -0.2) is 19.2 Å². The molecule has 3 heterocycles. The van der Waals surface area contributed by atoms with E-state index < -0.39 is 0 Å². The Labute approximate surface area is 196 Å². The number of methoxy groups -OCH3 is 2. The predicted octanol–water partition coefficient (Wildman–Crippen LogP) is 7.44. The first-order chi connectivity index (χ1) is 14.6. The van der Waals surface area contributed by atoms with E-state index in [0.717, 1.165) is 40.3 Å². The lowest BCUT2D eigenvalue weighted by molar-refractivity contribution is 0.395. The normalized spacial score (nSPS) is 15.4. The SMILES string of the molecule is COc1cc(OC)c(-c2cc(-c3ccco3)c3c4c(sc3n2)CC(C)CC4)cc1Cl.Cl. The number of rotatable bonds is 4. The Morgan fingerprint density at radius 1 is 1.13 bits per heavy atom. The molecule has 4 aromatic rings. The maximum absolute atomic E-state index is 6.44. The van der Waals surface area contributed by atoms with Crippen molar-refractivity contribution in [2.75, 3.05) is 14.2 Å². The van der Waals surface area contributed by atoms with E-state index in [2.05, 4.69) is 13.0 Å². The van der Waals surface area contributed by atoms with Crippen molar-refractivity contribution in [3.8, 4) is 34.1 Å². The molecule has 3 aromatic heterocycles. The number of aromatic nitrogens is 1. The number of thiophene rings is 1. The third-order valence-electron chi connectivity index (χ3n) is 5.80. The molecule has 5 rings (SSSR count). The van der Waals surface area contributed by atoms with Crippen molar-refractivity contribution in [1.29, 1.82) is 0 Å². The van der Waals surface area contributed by atoms with Gasteiger partial charge in [0.1, 0.15) is 22.1 Å². The number of hydrogen-bond acceptors (Lipinski definition) is 5. The van der Waals surface area contributed by atoms with Gasteiger partial charge in [0.05, 0.1) is 31.2 Å². The summed E-state index contributed by atoms with van der Waals surface area (Å²) < 4.78 is 16.8.